The van der Waals surface area contributed by atoms with E-state index in [0.29, 0.717) is 28.1 Å². The summed E-state index contributed by atoms with van der Waals surface area (Å²) in [5, 5.41) is 5.97. The molecule has 1 saturated carbocycles. The summed E-state index contributed by atoms with van der Waals surface area (Å²) in [5.74, 6) is -0.859. The van der Waals surface area contributed by atoms with E-state index in [-0.39, 0.29) is 29.8 Å². The van der Waals surface area contributed by atoms with E-state index in [0.717, 1.165) is 31.2 Å². The van der Waals surface area contributed by atoms with Crippen LogP contribution in [0.4, 0.5) is 11.4 Å². The van der Waals surface area contributed by atoms with Gasteiger partial charge in [-0.15, -0.1) is 0 Å². The minimum absolute atomic E-state index is 0.0608. The van der Waals surface area contributed by atoms with Gasteiger partial charge in [-0.3, -0.25) is 19.3 Å². The Kier molecular flexibility index (Phi) is 6.57. The molecule has 1 heterocycles. The second kappa shape index (κ2) is 9.95. The number of carbonyl (C=O) groups excluding carboxylic acids is 3. The largest absolute Gasteiger partial charge is 0.348 e. The zero-order valence-corrected chi connectivity index (χ0v) is 20.2. The van der Waals surface area contributed by atoms with Gasteiger partial charge in [0.05, 0.1) is 11.4 Å². The predicted octanol–water partition coefficient (Wildman–Crippen LogP) is 4.33. The van der Waals surface area contributed by atoms with E-state index < -0.39 is 6.04 Å². The van der Waals surface area contributed by atoms with Gasteiger partial charge in [0.25, 0.3) is 17.7 Å². The molecule has 1 fully saturated rings. The third-order valence-electron chi connectivity index (χ3n) is 7.05. The molecule has 3 unspecified atom stereocenters. The van der Waals surface area contributed by atoms with Crippen molar-refractivity contribution in [1.29, 1.82) is 0 Å². The highest BCUT2D eigenvalue weighted by atomic mass is 16.2. The van der Waals surface area contributed by atoms with Crippen LogP contribution in [0.2, 0.25) is 0 Å². The van der Waals surface area contributed by atoms with Crippen molar-refractivity contribution in [3.8, 4) is 0 Å². The Hall–Kier alpha value is -3.97. The lowest BCUT2D eigenvalue weighted by Gasteiger charge is -2.37. The third kappa shape index (κ3) is 4.62. The average Bonchev–Trinajstić information content (AvgIpc) is 2.89. The normalized spacial score (nSPS) is 21.3. The van der Waals surface area contributed by atoms with Crippen LogP contribution >= 0.6 is 0 Å². The van der Waals surface area contributed by atoms with E-state index in [1.165, 1.54) is 4.90 Å². The summed E-state index contributed by atoms with van der Waals surface area (Å²) in [4.78, 5) is 41.7. The monoisotopic (exact) mass is 482 g/mol. The molecule has 3 aromatic carbocycles. The summed E-state index contributed by atoms with van der Waals surface area (Å²) in [6.45, 7) is 1.96. The minimum atomic E-state index is -0.840. The number of aryl methyl sites for hydroxylation is 1. The van der Waals surface area contributed by atoms with Crippen LogP contribution in [-0.2, 0) is 4.79 Å². The van der Waals surface area contributed by atoms with Crippen LogP contribution in [0.3, 0.4) is 0 Å². The molecule has 0 bridgehead atoms. The van der Waals surface area contributed by atoms with Crippen LogP contribution in [0.1, 0.15) is 63.6 Å². The number of fused-ring (bicyclic) bond motifs is 1. The number of amides is 3. The van der Waals surface area contributed by atoms with Crippen LogP contribution in [-0.4, -0.2) is 29.8 Å². The van der Waals surface area contributed by atoms with Gasteiger partial charge < -0.3 is 16.4 Å². The lowest BCUT2D eigenvalue weighted by Crippen LogP contribution is -2.49. The lowest BCUT2D eigenvalue weighted by molar-refractivity contribution is -0.117. The van der Waals surface area contributed by atoms with Gasteiger partial charge >= 0.3 is 0 Å². The van der Waals surface area contributed by atoms with E-state index in [4.69, 9.17) is 5.73 Å². The molecule has 3 atom stereocenters. The molecule has 2 aliphatic rings. The molecular formula is C29H30N4O3. The number of hydrogen-bond acceptors (Lipinski definition) is 4. The van der Waals surface area contributed by atoms with E-state index in [2.05, 4.69) is 10.6 Å². The average molecular weight is 483 g/mol. The van der Waals surface area contributed by atoms with Crippen molar-refractivity contribution >= 4 is 29.1 Å². The molecule has 5 rings (SSSR count). The van der Waals surface area contributed by atoms with Crippen molar-refractivity contribution < 1.29 is 14.4 Å². The molecule has 0 spiro atoms. The SMILES string of the molecule is Cc1ccc(C(=O)N2c3ccc(C(=O)NC4CCCCC4N)cc3NC(=O)C2c2ccccc2)cc1. The topological polar surface area (TPSA) is 105 Å². The standard InChI is InChI=1S/C29H30N4O3/c1-18-11-13-20(14-12-18)29(36)33-25-16-15-21(27(34)31-23-10-6-5-9-22(23)30)17-24(25)32-28(35)26(33)19-7-3-2-4-8-19/h2-4,7-8,11-17,22-23,26H,5-6,9-10,30H2,1H3,(H,31,34)(H,32,35). The first-order chi connectivity index (χ1) is 17.4. The number of benzene rings is 3. The van der Waals surface area contributed by atoms with Crippen molar-refractivity contribution in [2.75, 3.05) is 10.2 Å². The third-order valence-corrected chi connectivity index (χ3v) is 7.05. The van der Waals surface area contributed by atoms with Crippen LogP contribution < -0.4 is 21.3 Å². The van der Waals surface area contributed by atoms with E-state index in [9.17, 15) is 14.4 Å². The highest BCUT2D eigenvalue weighted by molar-refractivity contribution is 6.17. The number of hydrogen-bond donors (Lipinski definition) is 3. The van der Waals surface area contributed by atoms with E-state index >= 15 is 0 Å². The van der Waals surface area contributed by atoms with E-state index in [1.54, 1.807) is 30.3 Å². The Balaban J connectivity index is 1.51. The highest BCUT2D eigenvalue weighted by Crippen LogP contribution is 2.40. The first kappa shape index (κ1) is 23.8. The number of rotatable bonds is 4. The van der Waals surface area contributed by atoms with Crippen molar-refractivity contribution in [2.45, 2.75) is 50.7 Å². The van der Waals surface area contributed by atoms with Crippen LogP contribution in [0.15, 0.2) is 72.8 Å². The quantitative estimate of drug-likeness (QED) is 0.515. The van der Waals surface area contributed by atoms with E-state index in [1.807, 2.05) is 49.4 Å². The van der Waals surface area contributed by atoms with Gasteiger partial charge in [-0.2, -0.15) is 0 Å². The summed E-state index contributed by atoms with van der Waals surface area (Å²) >= 11 is 0. The van der Waals surface area contributed by atoms with Crippen molar-refractivity contribution in [2.24, 2.45) is 5.73 Å². The van der Waals surface area contributed by atoms with Crippen LogP contribution in [0, 0.1) is 6.92 Å². The predicted molar refractivity (Wildman–Crippen MR) is 140 cm³/mol. The molecule has 1 aliphatic heterocycles. The molecule has 3 aromatic rings. The number of carbonyl (C=O) groups is 3. The molecular weight excluding hydrogens is 452 g/mol. The highest BCUT2D eigenvalue weighted by Gasteiger charge is 2.39. The molecule has 3 amide bonds. The molecule has 1 aliphatic carbocycles. The maximum absolute atomic E-state index is 13.8. The maximum Gasteiger partial charge on any atom is 0.259 e. The summed E-state index contributed by atoms with van der Waals surface area (Å²) in [6, 6.07) is 20.6. The number of nitrogens with two attached hydrogens (primary N) is 1. The van der Waals surface area contributed by atoms with Crippen molar-refractivity contribution in [1.82, 2.24) is 5.32 Å². The molecule has 7 nitrogen and oxygen atoms in total. The fourth-order valence-corrected chi connectivity index (χ4v) is 5.03. The Morgan fingerprint density at radius 3 is 2.36 bits per heavy atom. The van der Waals surface area contributed by atoms with Gasteiger partial charge in [-0.25, -0.2) is 0 Å². The zero-order valence-electron chi connectivity index (χ0n) is 20.2. The van der Waals surface area contributed by atoms with Gasteiger partial charge in [0.2, 0.25) is 0 Å². The fourth-order valence-electron chi connectivity index (χ4n) is 5.03. The second-order valence-electron chi connectivity index (χ2n) is 9.60. The molecule has 0 radical (unpaired) electrons. The second-order valence-corrected chi connectivity index (χ2v) is 9.60. The summed E-state index contributed by atoms with van der Waals surface area (Å²) < 4.78 is 0. The first-order valence-corrected chi connectivity index (χ1v) is 12.4. The zero-order chi connectivity index (χ0) is 25.2. The van der Waals surface area contributed by atoms with Crippen molar-refractivity contribution in [3.05, 3.63) is 95.1 Å². The number of nitrogens with one attached hydrogen (secondary N) is 2. The fraction of sp³-hybridized carbons (Fsp3) is 0.276. The van der Waals surface area contributed by atoms with Gasteiger partial charge in [0, 0.05) is 23.2 Å². The Labute approximate surface area is 210 Å². The molecule has 184 valence electrons. The van der Waals surface area contributed by atoms with Gasteiger partial charge in [0.1, 0.15) is 6.04 Å². The summed E-state index contributed by atoms with van der Waals surface area (Å²) in [6.07, 6.45) is 3.86. The lowest BCUT2D eigenvalue weighted by atomic mass is 9.91. The Morgan fingerprint density at radius 1 is 0.944 bits per heavy atom. The van der Waals surface area contributed by atoms with Gasteiger partial charge in [-0.1, -0.05) is 60.9 Å². The van der Waals surface area contributed by atoms with Gasteiger partial charge in [0.15, 0.2) is 0 Å². The molecule has 4 N–H and O–H groups in total. The smallest absolute Gasteiger partial charge is 0.259 e. The molecule has 0 aromatic heterocycles. The van der Waals surface area contributed by atoms with Crippen LogP contribution in [0.25, 0.3) is 0 Å². The first-order valence-electron chi connectivity index (χ1n) is 12.4. The summed E-state index contributed by atoms with van der Waals surface area (Å²) in [5.41, 5.74) is 9.80. The number of nitrogens with zero attached hydrogens (tertiary/aromatic N) is 1. The number of anilines is 2. The van der Waals surface area contributed by atoms with Crippen molar-refractivity contribution in [3.63, 3.8) is 0 Å². The summed E-state index contributed by atoms with van der Waals surface area (Å²) in [7, 11) is 0. The Morgan fingerprint density at radius 2 is 1.64 bits per heavy atom. The molecule has 0 saturated heterocycles. The van der Waals surface area contributed by atoms with Crippen LogP contribution in [0.5, 0.6) is 0 Å². The minimum Gasteiger partial charge on any atom is -0.348 e. The van der Waals surface area contributed by atoms with Gasteiger partial charge in [-0.05, 0) is 55.7 Å². The Bertz CT molecular complexity index is 1290. The molecule has 36 heavy (non-hydrogen) atoms. The molecule has 7 heteroatoms. The maximum atomic E-state index is 13.8.